The molecule has 1 amide bonds. The average molecular weight is 141 g/mol. The Kier molecular flexibility index (Phi) is 2.48. The van der Waals surface area contributed by atoms with Gasteiger partial charge >= 0.3 is 6.30 Å². The van der Waals surface area contributed by atoms with Crippen LogP contribution in [0.2, 0.25) is 0 Å². The molecule has 0 heterocycles. The minimum atomic E-state index is -4.52. The normalized spacial score (nSPS) is 11.1. The molecule has 0 fully saturated rings. The fourth-order valence-corrected chi connectivity index (χ4v) is 0.314. The molecule has 0 aliphatic rings. The van der Waals surface area contributed by atoms with Gasteiger partial charge in [-0.3, -0.25) is 9.69 Å². The van der Waals surface area contributed by atoms with Crippen molar-refractivity contribution >= 4 is 6.41 Å². The molecule has 0 radical (unpaired) electrons. The molecule has 0 aromatic heterocycles. The summed E-state index contributed by atoms with van der Waals surface area (Å²) in [7, 11) is 0. The number of rotatable bonds is 2. The molecule has 0 saturated carbocycles. The first-order valence-corrected chi connectivity index (χ1v) is 2.31. The van der Waals surface area contributed by atoms with Gasteiger partial charge in [0.1, 0.15) is 0 Å². The molecule has 0 saturated heterocycles. The fraction of sp³-hybridized carbons (Fsp3) is 0.750. The summed E-state index contributed by atoms with van der Waals surface area (Å²) in [5.74, 6) is 0. The lowest BCUT2D eigenvalue weighted by Crippen LogP contribution is -2.36. The van der Waals surface area contributed by atoms with E-state index < -0.39 is 6.30 Å². The van der Waals surface area contributed by atoms with E-state index in [1.165, 1.54) is 6.92 Å². The van der Waals surface area contributed by atoms with Crippen LogP contribution >= 0.6 is 0 Å². The van der Waals surface area contributed by atoms with E-state index in [4.69, 9.17) is 0 Å². The van der Waals surface area contributed by atoms with Gasteiger partial charge in [0.2, 0.25) is 6.41 Å². The fourth-order valence-electron chi connectivity index (χ4n) is 0.314. The van der Waals surface area contributed by atoms with Crippen molar-refractivity contribution in [3.8, 4) is 0 Å². The number of halogens is 3. The van der Waals surface area contributed by atoms with Crippen LogP contribution < -0.4 is 0 Å². The highest BCUT2D eigenvalue weighted by molar-refractivity contribution is 5.47. The van der Waals surface area contributed by atoms with Crippen molar-refractivity contribution in [1.29, 1.82) is 0 Å². The molecule has 0 N–H and O–H groups in total. The Labute approximate surface area is 50.3 Å². The van der Waals surface area contributed by atoms with Crippen molar-refractivity contribution in [2.75, 3.05) is 6.54 Å². The zero-order valence-corrected chi connectivity index (χ0v) is 4.77. The summed E-state index contributed by atoms with van der Waals surface area (Å²) in [4.78, 5) is 9.35. The van der Waals surface area contributed by atoms with E-state index in [2.05, 4.69) is 0 Å². The van der Waals surface area contributed by atoms with Crippen molar-refractivity contribution in [2.24, 2.45) is 0 Å². The van der Waals surface area contributed by atoms with E-state index >= 15 is 0 Å². The lowest BCUT2D eigenvalue weighted by atomic mass is 10.6. The zero-order valence-electron chi connectivity index (χ0n) is 4.77. The van der Waals surface area contributed by atoms with Crippen LogP contribution in [-0.2, 0) is 4.79 Å². The molecule has 0 spiro atoms. The number of alkyl halides is 3. The van der Waals surface area contributed by atoms with E-state index in [1.54, 1.807) is 0 Å². The third-order valence-electron chi connectivity index (χ3n) is 0.794. The minimum Gasteiger partial charge on any atom is -0.278 e. The van der Waals surface area contributed by atoms with Gasteiger partial charge in [-0.15, -0.1) is 13.2 Å². The first-order valence-electron chi connectivity index (χ1n) is 2.31. The summed E-state index contributed by atoms with van der Waals surface area (Å²) in [5, 5.41) is 0. The topological polar surface area (TPSA) is 20.3 Å². The largest absolute Gasteiger partial charge is 0.486 e. The molecule has 0 bridgehead atoms. The van der Waals surface area contributed by atoms with E-state index in [0.29, 0.717) is 0 Å². The van der Waals surface area contributed by atoms with Gasteiger partial charge in [-0.05, 0) is 6.92 Å². The first kappa shape index (κ1) is 8.26. The number of hydrogen-bond donors (Lipinski definition) is 0. The number of nitrogens with zero attached hydrogens (tertiary/aromatic N) is 1. The highest BCUT2D eigenvalue weighted by atomic mass is 19.4. The van der Waals surface area contributed by atoms with Gasteiger partial charge in [0.05, 0.1) is 0 Å². The molecule has 0 atom stereocenters. The highest BCUT2D eigenvalue weighted by Crippen LogP contribution is 2.17. The third kappa shape index (κ3) is 2.34. The molecule has 54 valence electrons. The standard InChI is InChI=1S/C4H6F3NO/c1-2-8(3-9)4(5,6)7/h3H,2H2,1H3. The summed E-state index contributed by atoms with van der Waals surface area (Å²) in [6, 6.07) is 0. The predicted octanol–water partition coefficient (Wildman–Crippen LogP) is 0.985. The maximum absolute atomic E-state index is 11.4. The Morgan fingerprint density at radius 1 is 1.56 bits per heavy atom. The van der Waals surface area contributed by atoms with Crippen LogP contribution in [0.4, 0.5) is 13.2 Å². The summed E-state index contributed by atoms with van der Waals surface area (Å²) in [6.07, 6.45) is -4.75. The van der Waals surface area contributed by atoms with E-state index in [9.17, 15) is 18.0 Å². The molecular weight excluding hydrogens is 135 g/mol. The molecule has 0 unspecified atom stereocenters. The zero-order chi connectivity index (χ0) is 7.49. The van der Waals surface area contributed by atoms with Crippen LogP contribution in [0.3, 0.4) is 0 Å². The van der Waals surface area contributed by atoms with Crippen molar-refractivity contribution in [3.63, 3.8) is 0 Å². The number of carbonyl (C=O) groups excluding carboxylic acids is 1. The van der Waals surface area contributed by atoms with E-state index in [0.717, 1.165) is 0 Å². The number of hydrogen-bond acceptors (Lipinski definition) is 1. The van der Waals surface area contributed by atoms with Crippen molar-refractivity contribution in [2.45, 2.75) is 13.2 Å². The van der Waals surface area contributed by atoms with Crippen LogP contribution in [0.15, 0.2) is 0 Å². The highest BCUT2D eigenvalue weighted by Gasteiger charge is 2.34. The second-order valence-corrected chi connectivity index (χ2v) is 1.36. The summed E-state index contributed by atoms with van der Waals surface area (Å²) in [5.41, 5.74) is 0. The van der Waals surface area contributed by atoms with Crippen molar-refractivity contribution in [1.82, 2.24) is 4.90 Å². The van der Waals surface area contributed by atoms with Gasteiger partial charge in [-0.25, -0.2) is 0 Å². The molecule has 0 rings (SSSR count). The lowest BCUT2D eigenvalue weighted by Gasteiger charge is -2.17. The van der Waals surface area contributed by atoms with Crippen LogP contribution in [0, 0.1) is 0 Å². The van der Waals surface area contributed by atoms with Crippen molar-refractivity contribution in [3.05, 3.63) is 0 Å². The SMILES string of the molecule is CCN(C=O)C(F)(F)F. The van der Waals surface area contributed by atoms with Crippen LogP contribution in [0.1, 0.15) is 6.92 Å². The van der Waals surface area contributed by atoms with Gasteiger partial charge in [-0.2, -0.15) is 0 Å². The molecule has 5 heteroatoms. The molecule has 0 aliphatic carbocycles. The number of amides is 1. The van der Waals surface area contributed by atoms with Crippen LogP contribution in [0.5, 0.6) is 0 Å². The van der Waals surface area contributed by atoms with Gasteiger partial charge < -0.3 is 0 Å². The Morgan fingerprint density at radius 2 is 2.00 bits per heavy atom. The maximum atomic E-state index is 11.4. The third-order valence-corrected chi connectivity index (χ3v) is 0.794. The lowest BCUT2D eigenvalue weighted by molar-refractivity contribution is -0.232. The quantitative estimate of drug-likeness (QED) is 0.414. The molecule has 0 aromatic carbocycles. The van der Waals surface area contributed by atoms with Crippen LogP contribution in [-0.4, -0.2) is 24.2 Å². The first-order chi connectivity index (χ1) is 4.02. The van der Waals surface area contributed by atoms with Gasteiger partial charge in [0.15, 0.2) is 0 Å². The smallest absolute Gasteiger partial charge is 0.278 e. The Morgan fingerprint density at radius 3 is 2.00 bits per heavy atom. The van der Waals surface area contributed by atoms with Gasteiger partial charge in [-0.1, -0.05) is 0 Å². The van der Waals surface area contributed by atoms with Gasteiger partial charge in [0, 0.05) is 6.54 Å². The maximum Gasteiger partial charge on any atom is 0.486 e. The van der Waals surface area contributed by atoms with Gasteiger partial charge in [0.25, 0.3) is 0 Å². The molecule has 0 aliphatic heterocycles. The summed E-state index contributed by atoms with van der Waals surface area (Å²) in [6.45, 7) is 0.912. The predicted molar refractivity (Wildman–Crippen MR) is 24.5 cm³/mol. The summed E-state index contributed by atoms with van der Waals surface area (Å²) >= 11 is 0. The Hall–Kier alpha value is -0.740. The minimum absolute atomic E-state index is 0.236. The molecule has 0 aromatic rings. The second-order valence-electron chi connectivity index (χ2n) is 1.36. The van der Waals surface area contributed by atoms with Crippen molar-refractivity contribution < 1.29 is 18.0 Å². The average Bonchev–Trinajstić information content (AvgIpc) is 1.65. The monoisotopic (exact) mass is 141 g/mol. The van der Waals surface area contributed by atoms with E-state index in [-0.39, 0.29) is 17.9 Å². The van der Waals surface area contributed by atoms with Crippen LogP contribution in [0.25, 0.3) is 0 Å². The second kappa shape index (κ2) is 2.70. The molecule has 2 nitrogen and oxygen atoms in total. The summed E-state index contributed by atoms with van der Waals surface area (Å²) < 4.78 is 34.2. The Bertz CT molecular complexity index is 100. The molecule has 9 heavy (non-hydrogen) atoms. The molecular formula is C4H6F3NO. The number of carbonyl (C=O) groups is 1. The Balaban J connectivity index is 3.94. The van der Waals surface area contributed by atoms with E-state index in [1.807, 2.05) is 0 Å².